The van der Waals surface area contributed by atoms with Gasteiger partial charge in [-0.1, -0.05) is 47.5 Å². The van der Waals surface area contributed by atoms with Gasteiger partial charge in [0, 0.05) is 21.8 Å². The lowest BCUT2D eigenvalue weighted by Crippen LogP contribution is -2.03. The van der Waals surface area contributed by atoms with Crippen LogP contribution in [0.15, 0.2) is 48.5 Å². The second-order valence-electron chi connectivity index (χ2n) is 4.47. The summed E-state index contributed by atoms with van der Waals surface area (Å²) in [5, 5.41) is 8.73. The summed E-state index contributed by atoms with van der Waals surface area (Å²) < 4.78 is 0. The maximum Gasteiger partial charge on any atom is 0.0406 e. The van der Waals surface area contributed by atoms with Crippen molar-refractivity contribution in [1.29, 1.82) is 5.41 Å². The largest absolute Gasteiger partial charge is 0.324 e. The normalized spacial score (nSPS) is 11.2. The maximum atomic E-state index is 7.26. The van der Waals surface area contributed by atoms with Crippen molar-refractivity contribution in [2.75, 3.05) is 0 Å². The van der Waals surface area contributed by atoms with Crippen molar-refractivity contribution >= 4 is 28.9 Å². The van der Waals surface area contributed by atoms with Gasteiger partial charge in [0.25, 0.3) is 0 Å². The molecule has 0 aliphatic rings. The number of rotatable bonds is 2. The molecule has 0 radical (unpaired) electrons. The molecule has 0 heterocycles. The molecule has 0 unspecified atom stereocenters. The van der Waals surface area contributed by atoms with Crippen molar-refractivity contribution in [3.63, 3.8) is 0 Å². The third-order valence-corrected chi connectivity index (χ3v) is 3.18. The monoisotopic (exact) mass is 308 g/mol. The molecule has 106 valence electrons. The first-order chi connectivity index (χ1) is 9.40. The predicted octanol–water partition coefficient (Wildman–Crippen LogP) is 5.09. The second kappa shape index (κ2) is 8.05. The molecule has 0 amide bonds. The summed E-state index contributed by atoms with van der Waals surface area (Å²) in [4.78, 5) is 0. The summed E-state index contributed by atoms with van der Waals surface area (Å²) in [6, 6.07) is 14.9. The number of benzene rings is 2. The fourth-order valence-corrected chi connectivity index (χ4v) is 1.72. The molecular weight excluding hydrogens is 291 g/mol. The van der Waals surface area contributed by atoms with Gasteiger partial charge >= 0.3 is 0 Å². The van der Waals surface area contributed by atoms with Gasteiger partial charge in [0.2, 0.25) is 0 Å². The summed E-state index contributed by atoms with van der Waals surface area (Å²) in [5.74, 6) is 0. The van der Waals surface area contributed by atoms with Crippen LogP contribution < -0.4 is 5.73 Å². The van der Waals surface area contributed by atoms with E-state index in [4.69, 9.17) is 34.3 Å². The summed E-state index contributed by atoms with van der Waals surface area (Å²) in [6.45, 7) is 3.70. The van der Waals surface area contributed by atoms with Crippen molar-refractivity contribution in [3.05, 3.63) is 69.7 Å². The van der Waals surface area contributed by atoms with Gasteiger partial charge < -0.3 is 11.1 Å². The predicted molar refractivity (Wildman–Crippen MR) is 88.0 cm³/mol. The SMILES string of the molecule is CC(=N)c1ccc(Cl)cc1.C[C@@H](N)c1ccc(Cl)cc1. The van der Waals surface area contributed by atoms with Crippen LogP contribution >= 0.6 is 23.2 Å². The van der Waals surface area contributed by atoms with E-state index in [2.05, 4.69) is 0 Å². The van der Waals surface area contributed by atoms with Crippen LogP contribution in [0, 0.1) is 5.41 Å². The Bertz CT molecular complexity index is 546. The molecule has 0 aliphatic carbocycles. The Morgan fingerprint density at radius 2 is 1.35 bits per heavy atom. The highest BCUT2D eigenvalue weighted by atomic mass is 35.5. The molecule has 1 atom stereocenters. The van der Waals surface area contributed by atoms with Crippen molar-refractivity contribution < 1.29 is 0 Å². The molecule has 4 heteroatoms. The molecule has 2 aromatic carbocycles. The summed E-state index contributed by atoms with van der Waals surface area (Å²) in [6.07, 6.45) is 0. The first-order valence-corrected chi connectivity index (χ1v) is 6.98. The maximum absolute atomic E-state index is 7.26. The summed E-state index contributed by atoms with van der Waals surface area (Å²) in [5.41, 5.74) is 8.22. The van der Waals surface area contributed by atoms with Crippen molar-refractivity contribution in [1.82, 2.24) is 0 Å². The molecule has 0 spiro atoms. The quantitative estimate of drug-likeness (QED) is 0.746. The standard InChI is InChI=1S/C8H10ClN.C8H8ClN/c2*1-6(10)7-2-4-8(9)5-3-7/h2-6H,10H2,1H3;2-5,10H,1H3/t6-;/m1./s1. The van der Waals surface area contributed by atoms with Gasteiger partial charge in [-0.05, 0) is 49.2 Å². The van der Waals surface area contributed by atoms with Gasteiger partial charge in [0.1, 0.15) is 0 Å². The van der Waals surface area contributed by atoms with Crippen LogP contribution in [0.25, 0.3) is 0 Å². The first kappa shape index (κ1) is 16.7. The highest BCUT2D eigenvalue weighted by Gasteiger charge is 1.96. The molecule has 0 aromatic heterocycles. The number of halogens is 2. The van der Waals surface area contributed by atoms with E-state index in [9.17, 15) is 0 Å². The zero-order valence-electron chi connectivity index (χ0n) is 11.5. The minimum absolute atomic E-state index is 0.0947. The first-order valence-electron chi connectivity index (χ1n) is 6.22. The lowest BCUT2D eigenvalue weighted by molar-refractivity contribution is 0.818. The van der Waals surface area contributed by atoms with Gasteiger partial charge in [-0.2, -0.15) is 0 Å². The van der Waals surface area contributed by atoms with E-state index in [1.807, 2.05) is 43.3 Å². The second-order valence-corrected chi connectivity index (χ2v) is 5.34. The van der Waals surface area contributed by atoms with E-state index in [1.165, 1.54) is 0 Å². The molecular formula is C16H18Cl2N2. The third kappa shape index (κ3) is 5.74. The smallest absolute Gasteiger partial charge is 0.0406 e. The molecule has 0 aliphatic heterocycles. The van der Waals surface area contributed by atoms with Crippen LogP contribution in [0.1, 0.15) is 31.0 Å². The summed E-state index contributed by atoms with van der Waals surface area (Å²) in [7, 11) is 0. The van der Waals surface area contributed by atoms with Gasteiger partial charge in [-0.25, -0.2) is 0 Å². The van der Waals surface area contributed by atoms with E-state index in [1.54, 1.807) is 19.1 Å². The van der Waals surface area contributed by atoms with E-state index >= 15 is 0 Å². The summed E-state index contributed by atoms with van der Waals surface area (Å²) >= 11 is 11.3. The van der Waals surface area contributed by atoms with Crippen LogP contribution in [0.3, 0.4) is 0 Å². The molecule has 2 nitrogen and oxygen atoms in total. The minimum atomic E-state index is 0.0947. The van der Waals surface area contributed by atoms with Gasteiger partial charge in [0.05, 0.1) is 0 Å². The zero-order chi connectivity index (χ0) is 15.1. The molecule has 3 N–H and O–H groups in total. The van der Waals surface area contributed by atoms with Crippen LogP contribution in [-0.2, 0) is 0 Å². The molecule has 2 aromatic rings. The molecule has 0 saturated heterocycles. The van der Waals surface area contributed by atoms with Crippen LogP contribution in [-0.4, -0.2) is 5.71 Å². The fourth-order valence-electron chi connectivity index (χ4n) is 1.47. The van der Waals surface area contributed by atoms with Gasteiger partial charge in [0.15, 0.2) is 0 Å². The van der Waals surface area contributed by atoms with Crippen molar-refractivity contribution in [3.8, 4) is 0 Å². The van der Waals surface area contributed by atoms with E-state index in [-0.39, 0.29) is 6.04 Å². The number of hydrogen-bond acceptors (Lipinski definition) is 2. The fraction of sp³-hybridized carbons (Fsp3) is 0.188. The molecule has 0 saturated carbocycles. The highest BCUT2D eigenvalue weighted by Crippen LogP contribution is 2.13. The Labute approximate surface area is 130 Å². The lowest BCUT2D eigenvalue weighted by atomic mass is 10.1. The lowest BCUT2D eigenvalue weighted by Gasteiger charge is -2.03. The average molecular weight is 309 g/mol. The highest BCUT2D eigenvalue weighted by molar-refractivity contribution is 6.30. The van der Waals surface area contributed by atoms with E-state index < -0.39 is 0 Å². The van der Waals surface area contributed by atoms with Crippen molar-refractivity contribution in [2.45, 2.75) is 19.9 Å². The Morgan fingerprint density at radius 3 is 1.70 bits per heavy atom. The van der Waals surface area contributed by atoms with Crippen LogP contribution in [0.4, 0.5) is 0 Å². The zero-order valence-corrected chi connectivity index (χ0v) is 13.0. The average Bonchev–Trinajstić information content (AvgIpc) is 2.40. The van der Waals surface area contributed by atoms with Crippen LogP contribution in [0.5, 0.6) is 0 Å². The molecule has 2 rings (SSSR count). The van der Waals surface area contributed by atoms with Crippen molar-refractivity contribution in [2.24, 2.45) is 5.73 Å². The minimum Gasteiger partial charge on any atom is -0.324 e. The Hall–Kier alpha value is -1.35. The van der Waals surface area contributed by atoms with E-state index in [0.717, 1.165) is 16.1 Å². The Morgan fingerprint density at radius 1 is 0.950 bits per heavy atom. The van der Waals surface area contributed by atoms with Gasteiger partial charge in [-0.3, -0.25) is 0 Å². The number of nitrogens with two attached hydrogens (primary N) is 1. The third-order valence-electron chi connectivity index (χ3n) is 2.67. The molecule has 0 fully saturated rings. The van der Waals surface area contributed by atoms with Gasteiger partial charge in [-0.15, -0.1) is 0 Å². The number of hydrogen-bond donors (Lipinski definition) is 2. The van der Waals surface area contributed by atoms with Crippen LogP contribution in [0.2, 0.25) is 10.0 Å². The Kier molecular flexibility index (Phi) is 6.73. The van der Waals surface area contributed by atoms with E-state index in [0.29, 0.717) is 10.7 Å². The number of nitrogens with one attached hydrogen (secondary N) is 1. The molecule has 0 bridgehead atoms. The Balaban J connectivity index is 0.000000200. The molecule has 20 heavy (non-hydrogen) atoms. The topological polar surface area (TPSA) is 49.9 Å².